The van der Waals surface area contributed by atoms with E-state index in [1.54, 1.807) is 0 Å². The van der Waals surface area contributed by atoms with Gasteiger partial charge in [0.2, 0.25) is 0 Å². The molecule has 0 spiro atoms. The predicted octanol–water partition coefficient (Wildman–Crippen LogP) is 1.88. The minimum absolute atomic E-state index is 0.375. The predicted molar refractivity (Wildman–Crippen MR) is 81.6 cm³/mol. The lowest BCUT2D eigenvalue weighted by Gasteiger charge is -2.13. The van der Waals surface area contributed by atoms with Crippen molar-refractivity contribution >= 4 is 0 Å². The maximum atomic E-state index is 9.70. The molecule has 1 atom stereocenters. The van der Waals surface area contributed by atoms with Crippen molar-refractivity contribution in [3.8, 4) is 0 Å². The minimum Gasteiger partial charge on any atom is -0.389 e. The molecule has 0 rings (SSSR count). The van der Waals surface area contributed by atoms with Gasteiger partial charge in [0.15, 0.2) is 0 Å². The quantitative estimate of drug-likeness (QED) is 0.475. The molecule has 1 unspecified atom stereocenters. The number of aliphatic hydroxyl groups is 1. The van der Waals surface area contributed by atoms with E-state index >= 15 is 0 Å². The number of ether oxygens (including phenoxy) is 1. The largest absolute Gasteiger partial charge is 0.389 e. The van der Waals surface area contributed by atoms with E-state index in [0.29, 0.717) is 13.2 Å². The van der Waals surface area contributed by atoms with Crippen molar-refractivity contribution in [2.75, 3.05) is 46.9 Å². The van der Waals surface area contributed by atoms with Crippen LogP contribution in [0.5, 0.6) is 0 Å². The average Bonchev–Trinajstić information content (AvgIpc) is 2.37. The summed E-state index contributed by atoms with van der Waals surface area (Å²) in [6.45, 7) is 6.18. The monoisotopic (exact) mass is 274 g/mol. The smallest absolute Gasteiger partial charge is 0.0897 e. The first-order chi connectivity index (χ1) is 9.16. The number of rotatable bonds is 14. The lowest BCUT2D eigenvalue weighted by atomic mass is 10.2. The van der Waals surface area contributed by atoms with Crippen LogP contribution in [0.15, 0.2) is 0 Å². The molecule has 4 nitrogen and oxygen atoms in total. The highest BCUT2D eigenvalue weighted by molar-refractivity contribution is 4.59. The normalized spacial score (nSPS) is 13.1. The van der Waals surface area contributed by atoms with Gasteiger partial charge in [0.1, 0.15) is 0 Å². The van der Waals surface area contributed by atoms with Gasteiger partial charge < -0.3 is 20.1 Å². The third kappa shape index (κ3) is 15.8. The second-order valence-corrected chi connectivity index (χ2v) is 5.50. The zero-order valence-electron chi connectivity index (χ0n) is 13.2. The molecule has 0 aliphatic carbocycles. The molecule has 0 saturated carbocycles. The van der Waals surface area contributed by atoms with Crippen LogP contribution in [0.1, 0.15) is 45.4 Å². The molecule has 19 heavy (non-hydrogen) atoms. The summed E-state index contributed by atoms with van der Waals surface area (Å²) in [4.78, 5) is 2.20. The highest BCUT2D eigenvalue weighted by Gasteiger charge is 2.03. The summed E-state index contributed by atoms with van der Waals surface area (Å²) in [6, 6.07) is 0. The van der Waals surface area contributed by atoms with Crippen molar-refractivity contribution in [2.24, 2.45) is 0 Å². The molecule has 4 heteroatoms. The Kier molecular flexibility index (Phi) is 14.1. The maximum Gasteiger partial charge on any atom is 0.0897 e. The Morgan fingerprint density at radius 2 is 1.89 bits per heavy atom. The third-order valence-corrected chi connectivity index (χ3v) is 3.04. The Morgan fingerprint density at radius 1 is 1.11 bits per heavy atom. The molecule has 0 heterocycles. The topological polar surface area (TPSA) is 44.7 Å². The number of hydrogen-bond acceptors (Lipinski definition) is 4. The van der Waals surface area contributed by atoms with Crippen molar-refractivity contribution in [1.29, 1.82) is 0 Å². The van der Waals surface area contributed by atoms with E-state index in [1.807, 2.05) is 0 Å². The molecule has 0 aliphatic rings. The van der Waals surface area contributed by atoms with E-state index in [0.717, 1.165) is 32.5 Å². The molecule has 0 amide bonds. The zero-order valence-corrected chi connectivity index (χ0v) is 13.2. The first-order valence-corrected chi connectivity index (χ1v) is 7.78. The SMILES string of the molecule is CCCCCCOCC(O)CNCCCCN(C)C. The van der Waals surface area contributed by atoms with E-state index in [1.165, 1.54) is 25.7 Å². The molecule has 2 N–H and O–H groups in total. The maximum absolute atomic E-state index is 9.70. The van der Waals surface area contributed by atoms with Crippen molar-refractivity contribution in [1.82, 2.24) is 10.2 Å². The molecule has 0 aromatic heterocycles. The van der Waals surface area contributed by atoms with Crippen LogP contribution in [0.3, 0.4) is 0 Å². The number of nitrogens with one attached hydrogen (secondary N) is 1. The summed E-state index contributed by atoms with van der Waals surface area (Å²) in [5.74, 6) is 0. The Balaban J connectivity index is 3.14. The lowest BCUT2D eigenvalue weighted by molar-refractivity contribution is 0.0355. The number of nitrogens with zero attached hydrogens (tertiary/aromatic N) is 1. The Labute approximate surface area is 119 Å². The first-order valence-electron chi connectivity index (χ1n) is 7.78. The van der Waals surface area contributed by atoms with Gasteiger partial charge in [-0.1, -0.05) is 26.2 Å². The Hall–Kier alpha value is -0.160. The molecule has 0 saturated heterocycles. The van der Waals surface area contributed by atoms with Crippen LogP contribution in [0.2, 0.25) is 0 Å². The van der Waals surface area contributed by atoms with E-state index in [9.17, 15) is 5.11 Å². The number of aliphatic hydroxyl groups excluding tert-OH is 1. The van der Waals surface area contributed by atoms with Crippen LogP contribution in [0, 0.1) is 0 Å². The summed E-state index contributed by atoms with van der Waals surface area (Å²) in [7, 11) is 4.18. The van der Waals surface area contributed by atoms with Crippen LogP contribution >= 0.6 is 0 Å². The summed E-state index contributed by atoms with van der Waals surface area (Å²) in [5, 5.41) is 13.0. The van der Waals surface area contributed by atoms with Gasteiger partial charge in [-0.3, -0.25) is 0 Å². The van der Waals surface area contributed by atoms with Gasteiger partial charge in [0.05, 0.1) is 12.7 Å². The van der Waals surface area contributed by atoms with Crippen molar-refractivity contribution < 1.29 is 9.84 Å². The van der Waals surface area contributed by atoms with Crippen LogP contribution in [0.4, 0.5) is 0 Å². The van der Waals surface area contributed by atoms with Gasteiger partial charge in [0.25, 0.3) is 0 Å². The molecule has 0 fully saturated rings. The molecule has 0 radical (unpaired) electrons. The first kappa shape index (κ1) is 18.8. The molecule has 0 aromatic rings. The fraction of sp³-hybridized carbons (Fsp3) is 1.00. The van der Waals surface area contributed by atoms with Gasteiger partial charge in [-0.25, -0.2) is 0 Å². The van der Waals surface area contributed by atoms with Crippen LogP contribution in [0.25, 0.3) is 0 Å². The minimum atomic E-state index is -0.375. The van der Waals surface area contributed by atoms with Crippen molar-refractivity contribution in [3.63, 3.8) is 0 Å². The van der Waals surface area contributed by atoms with Crippen LogP contribution in [-0.4, -0.2) is 63.1 Å². The van der Waals surface area contributed by atoms with Gasteiger partial charge in [-0.05, 0) is 46.4 Å². The molecular weight excluding hydrogens is 240 g/mol. The van der Waals surface area contributed by atoms with Gasteiger partial charge in [-0.2, -0.15) is 0 Å². The van der Waals surface area contributed by atoms with Crippen LogP contribution < -0.4 is 5.32 Å². The lowest BCUT2D eigenvalue weighted by Crippen LogP contribution is -2.31. The van der Waals surface area contributed by atoms with Gasteiger partial charge in [-0.15, -0.1) is 0 Å². The third-order valence-electron chi connectivity index (χ3n) is 3.04. The Morgan fingerprint density at radius 3 is 2.58 bits per heavy atom. The van der Waals surface area contributed by atoms with E-state index in [-0.39, 0.29) is 6.10 Å². The zero-order chi connectivity index (χ0) is 14.3. The molecule has 0 bridgehead atoms. The second kappa shape index (κ2) is 14.3. The number of unbranched alkanes of at least 4 members (excludes halogenated alkanes) is 4. The Bertz CT molecular complexity index is 178. The fourth-order valence-corrected chi connectivity index (χ4v) is 1.86. The highest BCUT2D eigenvalue weighted by atomic mass is 16.5. The molecule has 0 aliphatic heterocycles. The van der Waals surface area contributed by atoms with E-state index in [4.69, 9.17) is 4.74 Å². The summed E-state index contributed by atoms with van der Waals surface area (Å²) in [5.41, 5.74) is 0. The molecule has 0 aromatic carbocycles. The van der Waals surface area contributed by atoms with Crippen molar-refractivity contribution in [2.45, 2.75) is 51.6 Å². The standard InChI is InChI=1S/C15H34N2O2/c1-4-5-6-9-12-19-14-15(18)13-16-10-7-8-11-17(2)3/h15-16,18H,4-14H2,1-3H3. The average molecular weight is 274 g/mol. The van der Waals surface area contributed by atoms with Gasteiger partial charge >= 0.3 is 0 Å². The summed E-state index contributed by atoms with van der Waals surface area (Å²) in [6.07, 6.45) is 6.85. The second-order valence-electron chi connectivity index (χ2n) is 5.50. The number of hydrogen-bond donors (Lipinski definition) is 2. The van der Waals surface area contributed by atoms with Crippen LogP contribution in [-0.2, 0) is 4.74 Å². The van der Waals surface area contributed by atoms with E-state index in [2.05, 4.69) is 31.2 Å². The summed E-state index contributed by atoms with van der Waals surface area (Å²) >= 11 is 0. The van der Waals surface area contributed by atoms with Crippen molar-refractivity contribution in [3.05, 3.63) is 0 Å². The fourth-order valence-electron chi connectivity index (χ4n) is 1.86. The highest BCUT2D eigenvalue weighted by Crippen LogP contribution is 1.99. The van der Waals surface area contributed by atoms with E-state index < -0.39 is 0 Å². The molecule has 116 valence electrons. The summed E-state index contributed by atoms with van der Waals surface area (Å²) < 4.78 is 5.45. The van der Waals surface area contributed by atoms with Gasteiger partial charge in [0, 0.05) is 13.2 Å². The molecular formula is C15H34N2O2.